The molecule has 1 aliphatic heterocycles. The molecular weight excluding hydrogens is 373 g/mol. The molecule has 0 bridgehead atoms. The van der Waals surface area contributed by atoms with Gasteiger partial charge in [-0.05, 0) is 36.1 Å². The van der Waals surface area contributed by atoms with E-state index in [1.807, 2.05) is 30.3 Å². The van der Waals surface area contributed by atoms with Crippen LogP contribution in [0.25, 0.3) is 0 Å². The van der Waals surface area contributed by atoms with Crippen molar-refractivity contribution in [3.8, 4) is 0 Å². The number of carbonyl (C=O) groups excluding carboxylic acids is 2. The van der Waals surface area contributed by atoms with Crippen molar-refractivity contribution in [2.45, 2.75) is 25.4 Å². The molecule has 3 aromatic rings. The Hall–Kier alpha value is -3.55. The molecule has 0 spiro atoms. The number of amides is 2. The van der Waals surface area contributed by atoms with Crippen molar-refractivity contribution in [2.24, 2.45) is 0 Å². The zero-order valence-electron chi connectivity index (χ0n) is 15.9. The molecule has 1 atom stereocenters. The maximum Gasteiger partial charge on any atom is 0.291 e. The molecule has 2 amide bonds. The number of hydrogen-bond acceptors (Lipinski definition) is 4. The first-order chi connectivity index (χ1) is 14.0. The Labute approximate surface area is 167 Å². The largest absolute Gasteiger partial charge is 0.337 e. The first-order valence-electron chi connectivity index (χ1n) is 9.31. The van der Waals surface area contributed by atoms with Crippen molar-refractivity contribution in [3.05, 3.63) is 77.6 Å². The molecule has 1 N–H and O–H groups in total. The van der Waals surface area contributed by atoms with E-state index in [4.69, 9.17) is 0 Å². The third-order valence-electron chi connectivity index (χ3n) is 4.97. The molecule has 0 radical (unpaired) electrons. The summed E-state index contributed by atoms with van der Waals surface area (Å²) in [5.41, 5.74) is 2.43. The molecule has 1 aromatic heterocycles. The van der Waals surface area contributed by atoms with Gasteiger partial charge < -0.3 is 10.2 Å². The fourth-order valence-corrected chi connectivity index (χ4v) is 3.44. The molecule has 0 fully saturated rings. The van der Waals surface area contributed by atoms with Crippen LogP contribution in [0.1, 0.15) is 28.2 Å². The molecule has 2 heterocycles. The highest BCUT2D eigenvalue weighted by molar-refractivity contribution is 6.01. The summed E-state index contributed by atoms with van der Waals surface area (Å²) in [6, 6.07) is 13.4. The van der Waals surface area contributed by atoms with Crippen molar-refractivity contribution in [1.29, 1.82) is 0 Å². The lowest BCUT2D eigenvalue weighted by atomic mass is 10.1. The molecule has 0 saturated heterocycles. The summed E-state index contributed by atoms with van der Waals surface area (Å²) in [6.45, 7) is 0.493. The van der Waals surface area contributed by atoms with Gasteiger partial charge in [-0.2, -0.15) is 0 Å². The number of fused-ring (bicyclic) bond motifs is 1. The fraction of sp³-hybridized carbons (Fsp3) is 0.238. The first kappa shape index (κ1) is 18.8. The Morgan fingerprint density at radius 1 is 1.24 bits per heavy atom. The van der Waals surface area contributed by atoms with Crippen LogP contribution in [-0.4, -0.2) is 39.7 Å². The third kappa shape index (κ3) is 4.01. The van der Waals surface area contributed by atoms with Gasteiger partial charge in [0.15, 0.2) is 0 Å². The van der Waals surface area contributed by atoms with Crippen molar-refractivity contribution in [3.63, 3.8) is 0 Å². The van der Waals surface area contributed by atoms with Crippen molar-refractivity contribution in [1.82, 2.24) is 20.1 Å². The van der Waals surface area contributed by atoms with Gasteiger partial charge in [0.05, 0.1) is 6.54 Å². The van der Waals surface area contributed by atoms with Gasteiger partial charge in [0, 0.05) is 12.7 Å². The SMILES string of the molecule is CN1C(=O)[C@@H](NC(=O)c2ncn(Cc3ccccc3)n2)CCc2ccc(F)cc21. The molecule has 29 heavy (non-hydrogen) atoms. The number of nitrogens with zero attached hydrogens (tertiary/aromatic N) is 4. The van der Waals surface area contributed by atoms with Crippen molar-refractivity contribution >= 4 is 17.5 Å². The highest BCUT2D eigenvalue weighted by atomic mass is 19.1. The Bertz CT molecular complexity index is 1050. The number of hydrogen-bond donors (Lipinski definition) is 1. The Kier molecular flexibility index (Phi) is 5.07. The van der Waals surface area contributed by atoms with Crippen LogP contribution in [0.4, 0.5) is 10.1 Å². The summed E-state index contributed by atoms with van der Waals surface area (Å²) in [6.07, 6.45) is 2.45. The minimum atomic E-state index is -0.732. The Balaban J connectivity index is 1.45. The standard InChI is InChI=1S/C21H20FN5O2/c1-26-18-11-16(22)9-7-15(18)8-10-17(21(26)29)24-20(28)19-23-13-27(25-19)12-14-5-3-2-4-6-14/h2-7,9,11,13,17H,8,10,12H2,1H3,(H,24,28)/t17-/m0/s1. The van der Waals surface area contributed by atoms with Crippen LogP contribution in [0, 0.1) is 5.82 Å². The lowest BCUT2D eigenvalue weighted by molar-refractivity contribution is -0.120. The van der Waals surface area contributed by atoms with Gasteiger partial charge >= 0.3 is 0 Å². The smallest absolute Gasteiger partial charge is 0.291 e. The van der Waals surface area contributed by atoms with Gasteiger partial charge in [-0.1, -0.05) is 36.4 Å². The summed E-state index contributed by atoms with van der Waals surface area (Å²) in [4.78, 5) is 30.8. The molecule has 7 nitrogen and oxygen atoms in total. The first-order valence-corrected chi connectivity index (χ1v) is 9.31. The van der Waals surface area contributed by atoms with E-state index < -0.39 is 17.8 Å². The fourth-order valence-electron chi connectivity index (χ4n) is 3.44. The van der Waals surface area contributed by atoms with Crippen LogP contribution in [0.5, 0.6) is 0 Å². The minimum Gasteiger partial charge on any atom is -0.337 e. The van der Waals surface area contributed by atoms with Gasteiger partial charge in [0.25, 0.3) is 5.91 Å². The van der Waals surface area contributed by atoms with Crippen LogP contribution in [0.15, 0.2) is 54.9 Å². The molecular formula is C21H20FN5O2. The zero-order valence-corrected chi connectivity index (χ0v) is 15.9. The van der Waals surface area contributed by atoms with E-state index in [9.17, 15) is 14.0 Å². The average Bonchev–Trinajstić information content (AvgIpc) is 3.16. The van der Waals surface area contributed by atoms with Crippen LogP contribution >= 0.6 is 0 Å². The number of carbonyl (C=O) groups is 2. The van der Waals surface area contributed by atoms with Gasteiger partial charge in [0.1, 0.15) is 18.2 Å². The number of anilines is 1. The van der Waals surface area contributed by atoms with E-state index >= 15 is 0 Å². The summed E-state index contributed by atoms with van der Waals surface area (Å²) in [7, 11) is 1.58. The summed E-state index contributed by atoms with van der Waals surface area (Å²) in [5.74, 6) is -1.21. The quantitative estimate of drug-likeness (QED) is 0.737. The topological polar surface area (TPSA) is 80.1 Å². The number of aromatic nitrogens is 3. The van der Waals surface area contributed by atoms with Gasteiger partial charge in [-0.15, -0.1) is 5.10 Å². The van der Waals surface area contributed by atoms with E-state index in [2.05, 4.69) is 15.4 Å². The van der Waals surface area contributed by atoms with E-state index in [1.54, 1.807) is 17.8 Å². The van der Waals surface area contributed by atoms with Crippen LogP contribution in [0.3, 0.4) is 0 Å². The number of rotatable bonds is 4. The second kappa shape index (κ2) is 7.83. The number of nitrogens with one attached hydrogen (secondary N) is 1. The van der Waals surface area contributed by atoms with E-state index in [1.165, 1.54) is 23.4 Å². The predicted molar refractivity (Wildman–Crippen MR) is 105 cm³/mol. The lowest BCUT2D eigenvalue weighted by Crippen LogP contribution is -2.47. The van der Waals surface area contributed by atoms with E-state index in [0.717, 1.165) is 11.1 Å². The number of aryl methyl sites for hydroxylation is 1. The van der Waals surface area contributed by atoms with E-state index in [0.29, 0.717) is 25.1 Å². The molecule has 1 aliphatic rings. The Morgan fingerprint density at radius 2 is 2.03 bits per heavy atom. The van der Waals surface area contributed by atoms with Crippen LogP contribution in [-0.2, 0) is 17.8 Å². The van der Waals surface area contributed by atoms with Crippen molar-refractivity contribution in [2.75, 3.05) is 11.9 Å². The minimum absolute atomic E-state index is 0.00388. The van der Waals surface area contributed by atoms with Gasteiger partial charge in [-0.25, -0.2) is 14.1 Å². The van der Waals surface area contributed by atoms with Gasteiger partial charge in [-0.3, -0.25) is 9.59 Å². The zero-order chi connectivity index (χ0) is 20.4. The lowest BCUT2D eigenvalue weighted by Gasteiger charge is -2.21. The average molecular weight is 393 g/mol. The number of likely N-dealkylation sites (N-methyl/N-ethyl adjacent to an activating group) is 1. The number of benzene rings is 2. The maximum absolute atomic E-state index is 13.6. The van der Waals surface area contributed by atoms with Gasteiger partial charge in [0.2, 0.25) is 11.7 Å². The molecule has 0 unspecified atom stereocenters. The number of halogens is 1. The molecule has 2 aromatic carbocycles. The molecule has 0 aliphatic carbocycles. The normalized spacial score (nSPS) is 16.3. The Morgan fingerprint density at radius 3 is 2.83 bits per heavy atom. The molecule has 148 valence electrons. The molecule has 8 heteroatoms. The van der Waals surface area contributed by atoms with Crippen molar-refractivity contribution < 1.29 is 14.0 Å². The van der Waals surface area contributed by atoms with E-state index in [-0.39, 0.29) is 11.7 Å². The second-order valence-corrected chi connectivity index (χ2v) is 6.99. The second-order valence-electron chi connectivity index (χ2n) is 6.99. The van der Waals surface area contributed by atoms with Crippen LogP contribution < -0.4 is 10.2 Å². The molecule has 4 rings (SSSR count). The highest BCUT2D eigenvalue weighted by Crippen LogP contribution is 2.27. The summed E-state index contributed by atoms with van der Waals surface area (Å²) in [5, 5.41) is 6.93. The maximum atomic E-state index is 13.6. The third-order valence-corrected chi connectivity index (χ3v) is 4.97. The van der Waals surface area contributed by atoms with Crippen LogP contribution in [0.2, 0.25) is 0 Å². The summed E-state index contributed by atoms with van der Waals surface area (Å²) < 4.78 is 15.2. The predicted octanol–water partition coefficient (Wildman–Crippen LogP) is 2.17. The summed E-state index contributed by atoms with van der Waals surface area (Å²) >= 11 is 0. The monoisotopic (exact) mass is 393 g/mol. The molecule has 0 saturated carbocycles. The highest BCUT2D eigenvalue weighted by Gasteiger charge is 2.30.